The molecule has 2 atom stereocenters. The van der Waals surface area contributed by atoms with Crippen molar-refractivity contribution in [3.63, 3.8) is 0 Å². The first-order chi connectivity index (χ1) is 8.06. The second-order valence-corrected chi connectivity index (χ2v) is 4.32. The van der Waals surface area contributed by atoms with Crippen LogP contribution in [0.2, 0.25) is 0 Å². The molecule has 8 heteroatoms. The Labute approximate surface area is 104 Å². The molecule has 0 aromatic rings. The Hall–Kier alpha value is -1.41. The van der Waals surface area contributed by atoms with E-state index in [0.29, 0.717) is 18.3 Å². The molecule has 0 spiro atoms. The number of carbonyl (C=O) groups is 2. The zero-order valence-electron chi connectivity index (χ0n) is 9.60. The van der Waals surface area contributed by atoms with E-state index in [1.165, 1.54) is 4.90 Å². The van der Waals surface area contributed by atoms with E-state index in [4.69, 9.17) is 17.0 Å². The molecular weight excluding hydrogens is 244 g/mol. The number of thiocarbonyl (C=S) groups is 1. The van der Waals surface area contributed by atoms with Gasteiger partial charge in [-0.3, -0.25) is 10.1 Å². The lowest BCUT2D eigenvalue weighted by Crippen LogP contribution is -2.65. The molecule has 0 aliphatic carbocycles. The first kappa shape index (κ1) is 12.1. The van der Waals surface area contributed by atoms with Gasteiger partial charge in [-0.05, 0) is 12.2 Å². The lowest BCUT2D eigenvalue weighted by Gasteiger charge is -2.35. The van der Waals surface area contributed by atoms with Crippen LogP contribution in [0.5, 0.6) is 0 Å². The van der Waals surface area contributed by atoms with Crippen LogP contribution in [0.25, 0.3) is 0 Å². The number of imide groups is 1. The summed E-state index contributed by atoms with van der Waals surface area (Å²) in [7, 11) is 3.20. The van der Waals surface area contributed by atoms with Crippen LogP contribution < -0.4 is 10.6 Å². The lowest BCUT2D eigenvalue weighted by atomic mass is 10.1. The lowest BCUT2D eigenvalue weighted by molar-refractivity contribution is -0.127. The average molecular weight is 258 g/mol. The van der Waals surface area contributed by atoms with Crippen LogP contribution >= 0.6 is 12.2 Å². The van der Waals surface area contributed by atoms with Crippen molar-refractivity contribution in [2.24, 2.45) is 0 Å². The average Bonchev–Trinajstić information content (AvgIpc) is 2.61. The van der Waals surface area contributed by atoms with Gasteiger partial charge in [0.05, 0.1) is 6.61 Å². The van der Waals surface area contributed by atoms with Crippen molar-refractivity contribution >= 4 is 29.3 Å². The molecule has 2 aliphatic rings. The van der Waals surface area contributed by atoms with Gasteiger partial charge < -0.3 is 19.9 Å². The highest BCUT2D eigenvalue weighted by Crippen LogP contribution is 2.19. The summed E-state index contributed by atoms with van der Waals surface area (Å²) in [6, 6.07) is -0.902. The van der Waals surface area contributed by atoms with Crippen molar-refractivity contribution in [1.29, 1.82) is 0 Å². The minimum atomic E-state index is -0.486. The van der Waals surface area contributed by atoms with Crippen LogP contribution in [0.3, 0.4) is 0 Å². The highest BCUT2D eigenvalue weighted by molar-refractivity contribution is 7.80. The van der Waals surface area contributed by atoms with Crippen LogP contribution in [-0.4, -0.2) is 66.4 Å². The largest absolute Gasteiger partial charge is 0.383 e. The summed E-state index contributed by atoms with van der Waals surface area (Å²) < 4.78 is 4.97. The molecule has 0 aromatic carbocycles. The molecule has 2 aliphatic heterocycles. The number of hydrogen-bond donors (Lipinski definition) is 2. The van der Waals surface area contributed by atoms with Crippen molar-refractivity contribution in [2.75, 3.05) is 27.3 Å². The van der Waals surface area contributed by atoms with Crippen molar-refractivity contribution < 1.29 is 14.3 Å². The van der Waals surface area contributed by atoms with Crippen LogP contribution in [0, 0.1) is 0 Å². The first-order valence-corrected chi connectivity index (χ1v) is 5.61. The molecule has 7 nitrogen and oxygen atoms in total. The maximum atomic E-state index is 11.8. The fourth-order valence-electron chi connectivity index (χ4n) is 2.00. The number of likely N-dealkylation sites (N-methyl/N-ethyl adjacent to an activating group) is 1. The summed E-state index contributed by atoms with van der Waals surface area (Å²) in [5.74, 6) is -0.332. The quantitative estimate of drug-likeness (QED) is 0.613. The van der Waals surface area contributed by atoms with Crippen LogP contribution in [0.15, 0.2) is 0 Å². The van der Waals surface area contributed by atoms with E-state index < -0.39 is 18.2 Å². The fraction of sp³-hybridized carbons (Fsp3) is 0.667. The number of rotatable bonds is 3. The zero-order valence-corrected chi connectivity index (χ0v) is 10.4. The van der Waals surface area contributed by atoms with Crippen LogP contribution in [0.1, 0.15) is 0 Å². The zero-order chi connectivity index (χ0) is 12.6. The van der Waals surface area contributed by atoms with Gasteiger partial charge in [-0.2, -0.15) is 0 Å². The molecule has 94 valence electrons. The molecule has 2 N–H and O–H groups in total. The molecule has 2 saturated heterocycles. The summed E-state index contributed by atoms with van der Waals surface area (Å²) in [6.07, 6.45) is -0.402. The van der Waals surface area contributed by atoms with Gasteiger partial charge in [-0.1, -0.05) is 0 Å². The van der Waals surface area contributed by atoms with E-state index in [1.54, 1.807) is 19.1 Å². The van der Waals surface area contributed by atoms with Crippen LogP contribution in [0.4, 0.5) is 4.79 Å². The predicted molar refractivity (Wildman–Crippen MR) is 63.2 cm³/mol. The third-order valence-electron chi connectivity index (χ3n) is 2.94. The molecule has 2 fully saturated rings. The predicted octanol–water partition coefficient (Wildman–Crippen LogP) is -1.30. The molecule has 2 heterocycles. The number of ether oxygens (including phenoxy) is 1. The Morgan fingerprint density at radius 1 is 1.47 bits per heavy atom. The number of carbonyl (C=O) groups excluding carboxylic acids is 2. The van der Waals surface area contributed by atoms with Gasteiger partial charge in [-0.15, -0.1) is 0 Å². The van der Waals surface area contributed by atoms with Gasteiger partial charge in [0.25, 0.3) is 5.91 Å². The molecule has 3 amide bonds. The molecule has 17 heavy (non-hydrogen) atoms. The molecule has 0 aromatic heterocycles. The number of fused-ring (bicyclic) bond motifs is 1. The van der Waals surface area contributed by atoms with E-state index >= 15 is 0 Å². The number of nitrogens with zero attached hydrogens (tertiary/aromatic N) is 2. The van der Waals surface area contributed by atoms with Gasteiger partial charge in [0.15, 0.2) is 5.11 Å². The van der Waals surface area contributed by atoms with Gasteiger partial charge in [0.1, 0.15) is 12.2 Å². The molecule has 0 radical (unpaired) electrons. The minimum Gasteiger partial charge on any atom is -0.383 e. The third kappa shape index (κ3) is 1.93. The summed E-state index contributed by atoms with van der Waals surface area (Å²) >= 11 is 5.15. The minimum absolute atomic E-state index is 0.332. The normalized spacial score (nSPS) is 28.0. The summed E-state index contributed by atoms with van der Waals surface area (Å²) in [5, 5.41) is 5.73. The molecule has 0 bridgehead atoms. The SMILES string of the molecule is COCCN1C(=S)NC2C1C(=O)NC(=O)N2C. The molecule has 2 rings (SSSR count). The number of methoxy groups -OCH3 is 1. The summed E-state index contributed by atoms with van der Waals surface area (Å²) in [4.78, 5) is 26.4. The Bertz CT molecular complexity index is 375. The van der Waals surface area contributed by atoms with Crippen molar-refractivity contribution in [3.8, 4) is 0 Å². The smallest absolute Gasteiger partial charge is 0.325 e. The Morgan fingerprint density at radius 3 is 2.82 bits per heavy atom. The second-order valence-electron chi connectivity index (χ2n) is 3.93. The maximum absolute atomic E-state index is 11.8. The Morgan fingerprint density at radius 2 is 2.18 bits per heavy atom. The number of urea groups is 1. The Balaban J connectivity index is 2.19. The van der Waals surface area contributed by atoms with Crippen molar-refractivity contribution in [2.45, 2.75) is 12.2 Å². The second kappa shape index (κ2) is 4.46. The van der Waals surface area contributed by atoms with Crippen molar-refractivity contribution in [3.05, 3.63) is 0 Å². The number of hydrogen-bond acceptors (Lipinski definition) is 4. The number of amides is 3. The van der Waals surface area contributed by atoms with E-state index in [9.17, 15) is 9.59 Å². The van der Waals surface area contributed by atoms with Crippen molar-refractivity contribution in [1.82, 2.24) is 20.4 Å². The third-order valence-corrected chi connectivity index (χ3v) is 3.29. The monoisotopic (exact) mass is 258 g/mol. The van der Waals surface area contributed by atoms with E-state index in [1.807, 2.05) is 0 Å². The Kier molecular flexibility index (Phi) is 3.16. The molecule has 0 saturated carbocycles. The highest BCUT2D eigenvalue weighted by Gasteiger charge is 2.48. The summed E-state index contributed by atoms with van der Waals surface area (Å²) in [5.41, 5.74) is 0. The van der Waals surface area contributed by atoms with E-state index in [-0.39, 0.29) is 5.91 Å². The van der Waals surface area contributed by atoms with Gasteiger partial charge >= 0.3 is 6.03 Å². The van der Waals surface area contributed by atoms with Crippen LogP contribution in [-0.2, 0) is 9.53 Å². The standard InChI is InChI=1S/C9H14N4O3S/c1-12-6-5(7(14)11-8(12)15)13(3-4-16-2)9(17)10-6/h5-6H,3-4H2,1-2H3,(H,10,17)(H,11,14,15). The molecule has 2 unspecified atom stereocenters. The molecular formula is C9H14N4O3S. The topological polar surface area (TPSA) is 73.9 Å². The van der Waals surface area contributed by atoms with Gasteiger partial charge in [-0.25, -0.2) is 4.79 Å². The van der Waals surface area contributed by atoms with Gasteiger partial charge in [0.2, 0.25) is 0 Å². The first-order valence-electron chi connectivity index (χ1n) is 5.20. The maximum Gasteiger partial charge on any atom is 0.325 e. The number of nitrogens with one attached hydrogen (secondary N) is 2. The van der Waals surface area contributed by atoms with E-state index in [2.05, 4.69) is 10.6 Å². The van der Waals surface area contributed by atoms with E-state index in [0.717, 1.165) is 0 Å². The highest BCUT2D eigenvalue weighted by atomic mass is 32.1. The fourth-order valence-corrected chi connectivity index (χ4v) is 2.33. The van der Waals surface area contributed by atoms with Gasteiger partial charge in [0, 0.05) is 20.7 Å². The summed E-state index contributed by atoms with van der Waals surface area (Å²) in [6.45, 7) is 0.981.